The molecule has 2 rings (SSSR count). The second-order valence-electron chi connectivity index (χ2n) is 5.75. The van der Waals surface area contributed by atoms with Gasteiger partial charge in [-0.1, -0.05) is 17.7 Å². The highest BCUT2D eigenvalue weighted by molar-refractivity contribution is 5.78. The fourth-order valence-electron chi connectivity index (χ4n) is 2.74. The van der Waals surface area contributed by atoms with E-state index in [0.717, 1.165) is 51.3 Å². The average Bonchev–Trinajstić information content (AvgIpc) is 2.53. The van der Waals surface area contributed by atoms with E-state index < -0.39 is 0 Å². The minimum absolute atomic E-state index is 0.192. The number of rotatable bonds is 6. The van der Waals surface area contributed by atoms with Crippen LogP contribution < -0.4 is 10.1 Å². The molecular weight excluding hydrogens is 264 g/mol. The Morgan fingerprint density at radius 3 is 2.57 bits per heavy atom. The Kier molecular flexibility index (Phi) is 6.05. The van der Waals surface area contributed by atoms with Gasteiger partial charge in [-0.25, -0.2) is 0 Å². The van der Waals surface area contributed by atoms with Crippen molar-refractivity contribution in [2.75, 3.05) is 33.3 Å². The molecule has 0 aromatic heterocycles. The third kappa shape index (κ3) is 5.05. The summed E-state index contributed by atoms with van der Waals surface area (Å²) >= 11 is 0. The Labute approximate surface area is 127 Å². The molecule has 1 N–H and O–H groups in total. The molecule has 21 heavy (non-hydrogen) atoms. The number of carbonyl (C=O) groups is 1. The fourth-order valence-corrected chi connectivity index (χ4v) is 2.74. The molecule has 1 saturated heterocycles. The molecule has 0 atom stereocenters. The summed E-state index contributed by atoms with van der Waals surface area (Å²) in [5.74, 6) is 1.34. The zero-order valence-corrected chi connectivity index (χ0v) is 13.1. The molecule has 4 heteroatoms. The summed E-state index contributed by atoms with van der Waals surface area (Å²) in [4.78, 5) is 14.0. The zero-order chi connectivity index (χ0) is 15.1. The van der Waals surface area contributed by atoms with Crippen LogP contribution in [0.25, 0.3) is 0 Å². The van der Waals surface area contributed by atoms with Crippen LogP contribution in [0.2, 0.25) is 0 Å². The number of aryl methyl sites for hydroxylation is 1. The van der Waals surface area contributed by atoms with E-state index in [1.807, 2.05) is 12.1 Å². The normalized spacial score (nSPS) is 16.7. The van der Waals surface area contributed by atoms with E-state index in [2.05, 4.69) is 29.3 Å². The monoisotopic (exact) mass is 290 g/mol. The summed E-state index contributed by atoms with van der Waals surface area (Å²) < 4.78 is 5.74. The predicted octanol–water partition coefficient (Wildman–Crippen LogP) is 2.22. The number of hydrogen-bond donors (Lipinski definition) is 1. The van der Waals surface area contributed by atoms with E-state index in [9.17, 15) is 4.79 Å². The summed E-state index contributed by atoms with van der Waals surface area (Å²) in [7, 11) is 1.72. The minimum Gasteiger partial charge on any atom is -0.494 e. The van der Waals surface area contributed by atoms with Gasteiger partial charge >= 0.3 is 0 Å². The van der Waals surface area contributed by atoms with E-state index in [4.69, 9.17) is 4.74 Å². The summed E-state index contributed by atoms with van der Waals surface area (Å²) in [5, 5.41) is 2.75. The molecule has 1 amide bonds. The molecule has 0 aliphatic carbocycles. The number of likely N-dealkylation sites (tertiary alicyclic amines) is 1. The van der Waals surface area contributed by atoms with Gasteiger partial charge in [-0.2, -0.15) is 0 Å². The van der Waals surface area contributed by atoms with Gasteiger partial charge in [0.2, 0.25) is 5.91 Å². The molecule has 1 aromatic carbocycles. The van der Waals surface area contributed by atoms with Crippen molar-refractivity contribution in [3.8, 4) is 5.75 Å². The number of benzene rings is 1. The van der Waals surface area contributed by atoms with Crippen LogP contribution in [-0.4, -0.2) is 44.1 Å². The maximum absolute atomic E-state index is 11.6. The number of carbonyl (C=O) groups excluding carboxylic acids is 1. The number of amides is 1. The van der Waals surface area contributed by atoms with Crippen molar-refractivity contribution in [1.29, 1.82) is 0 Å². The zero-order valence-electron chi connectivity index (χ0n) is 13.1. The Morgan fingerprint density at radius 1 is 1.29 bits per heavy atom. The lowest BCUT2D eigenvalue weighted by molar-refractivity contribution is -0.125. The topological polar surface area (TPSA) is 41.6 Å². The van der Waals surface area contributed by atoms with Crippen molar-refractivity contribution < 1.29 is 9.53 Å². The quantitative estimate of drug-likeness (QED) is 0.817. The molecule has 0 unspecified atom stereocenters. The Hall–Kier alpha value is -1.55. The van der Waals surface area contributed by atoms with E-state index in [0.29, 0.717) is 0 Å². The highest BCUT2D eigenvalue weighted by Gasteiger charge is 2.23. The Balaban J connectivity index is 1.60. The third-order valence-electron chi connectivity index (χ3n) is 4.11. The number of ether oxygens (including phenoxy) is 1. The van der Waals surface area contributed by atoms with Gasteiger partial charge in [0.15, 0.2) is 0 Å². The number of hydrogen-bond acceptors (Lipinski definition) is 3. The molecule has 1 heterocycles. The Morgan fingerprint density at radius 2 is 1.95 bits per heavy atom. The predicted molar refractivity (Wildman–Crippen MR) is 84.5 cm³/mol. The lowest BCUT2D eigenvalue weighted by atomic mass is 9.96. The van der Waals surface area contributed by atoms with Crippen LogP contribution in [0.3, 0.4) is 0 Å². The number of nitrogens with one attached hydrogen (secondary N) is 1. The lowest BCUT2D eigenvalue weighted by Gasteiger charge is -2.30. The van der Waals surface area contributed by atoms with Gasteiger partial charge in [-0.15, -0.1) is 0 Å². The van der Waals surface area contributed by atoms with Gasteiger partial charge in [-0.05, 0) is 51.4 Å². The largest absolute Gasteiger partial charge is 0.494 e. The van der Waals surface area contributed by atoms with Crippen LogP contribution in [0.15, 0.2) is 24.3 Å². The highest BCUT2D eigenvalue weighted by atomic mass is 16.5. The second-order valence-corrected chi connectivity index (χ2v) is 5.75. The first-order valence-corrected chi connectivity index (χ1v) is 7.82. The average molecular weight is 290 g/mol. The van der Waals surface area contributed by atoms with Crippen LogP contribution in [0.5, 0.6) is 5.75 Å². The molecular formula is C17H26N2O2. The third-order valence-corrected chi connectivity index (χ3v) is 4.11. The molecule has 0 saturated carbocycles. The Bertz CT molecular complexity index is 437. The molecule has 1 aromatic rings. The lowest BCUT2D eigenvalue weighted by Crippen LogP contribution is -2.40. The molecule has 0 bridgehead atoms. The van der Waals surface area contributed by atoms with Crippen LogP contribution in [0.1, 0.15) is 24.8 Å². The SMILES string of the molecule is CNC(=O)C1CCN(CCCOc2ccc(C)cc2)CC1. The van der Waals surface area contributed by atoms with Gasteiger partial charge in [0.25, 0.3) is 0 Å². The van der Waals surface area contributed by atoms with Crippen LogP contribution in [-0.2, 0) is 4.79 Å². The molecule has 4 nitrogen and oxygen atoms in total. The first-order valence-electron chi connectivity index (χ1n) is 7.82. The van der Waals surface area contributed by atoms with Crippen molar-refractivity contribution in [3.63, 3.8) is 0 Å². The van der Waals surface area contributed by atoms with Crippen molar-refractivity contribution in [2.24, 2.45) is 5.92 Å². The van der Waals surface area contributed by atoms with E-state index >= 15 is 0 Å². The first-order chi connectivity index (χ1) is 10.2. The van der Waals surface area contributed by atoms with Gasteiger partial charge < -0.3 is 15.0 Å². The van der Waals surface area contributed by atoms with E-state index in [-0.39, 0.29) is 11.8 Å². The molecule has 1 aliphatic heterocycles. The van der Waals surface area contributed by atoms with E-state index in [1.165, 1.54) is 5.56 Å². The maximum atomic E-state index is 11.6. The highest BCUT2D eigenvalue weighted by Crippen LogP contribution is 2.17. The van der Waals surface area contributed by atoms with Crippen LogP contribution >= 0.6 is 0 Å². The van der Waals surface area contributed by atoms with Gasteiger partial charge in [-0.3, -0.25) is 4.79 Å². The smallest absolute Gasteiger partial charge is 0.222 e. The molecule has 0 spiro atoms. The minimum atomic E-state index is 0.192. The van der Waals surface area contributed by atoms with Gasteiger partial charge in [0, 0.05) is 19.5 Å². The van der Waals surface area contributed by atoms with Crippen molar-refractivity contribution in [3.05, 3.63) is 29.8 Å². The summed E-state index contributed by atoms with van der Waals surface area (Å²) in [6, 6.07) is 8.17. The molecule has 116 valence electrons. The van der Waals surface area contributed by atoms with E-state index in [1.54, 1.807) is 7.05 Å². The molecule has 0 radical (unpaired) electrons. The van der Waals surface area contributed by atoms with Crippen LogP contribution in [0, 0.1) is 12.8 Å². The fraction of sp³-hybridized carbons (Fsp3) is 0.588. The number of nitrogens with zero attached hydrogens (tertiary/aromatic N) is 1. The summed E-state index contributed by atoms with van der Waals surface area (Å²) in [5.41, 5.74) is 1.25. The van der Waals surface area contributed by atoms with Crippen molar-refractivity contribution in [1.82, 2.24) is 10.2 Å². The first kappa shape index (κ1) is 15.8. The van der Waals surface area contributed by atoms with Crippen LogP contribution in [0.4, 0.5) is 0 Å². The summed E-state index contributed by atoms with van der Waals surface area (Å²) in [6.45, 7) is 5.90. The van der Waals surface area contributed by atoms with Gasteiger partial charge in [0.1, 0.15) is 5.75 Å². The second kappa shape index (κ2) is 8.03. The van der Waals surface area contributed by atoms with Gasteiger partial charge in [0.05, 0.1) is 6.61 Å². The standard InChI is InChI=1S/C17H26N2O2/c1-14-4-6-16(7-5-14)21-13-3-10-19-11-8-15(9-12-19)17(20)18-2/h4-7,15H,3,8-13H2,1-2H3,(H,18,20). The van der Waals surface area contributed by atoms with Crippen molar-refractivity contribution in [2.45, 2.75) is 26.2 Å². The summed E-state index contributed by atoms with van der Waals surface area (Å²) in [6.07, 6.45) is 2.97. The maximum Gasteiger partial charge on any atom is 0.222 e. The number of piperidine rings is 1. The van der Waals surface area contributed by atoms with Crippen molar-refractivity contribution >= 4 is 5.91 Å². The molecule has 1 aliphatic rings. The molecule has 1 fully saturated rings.